The summed E-state index contributed by atoms with van der Waals surface area (Å²) in [4.78, 5) is 12.3. The predicted molar refractivity (Wildman–Crippen MR) is 108 cm³/mol. The Labute approximate surface area is 165 Å². The number of carbonyl (C=O) groups excluding carboxylic acids is 1. The molecule has 2 aromatic rings. The molecule has 0 unspecified atom stereocenters. The van der Waals surface area contributed by atoms with Crippen molar-refractivity contribution in [3.05, 3.63) is 54.1 Å². The lowest BCUT2D eigenvalue weighted by Gasteiger charge is -2.24. The number of nitrogens with two attached hydrogens (primary N) is 1. The highest BCUT2D eigenvalue weighted by Crippen LogP contribution is 2.26. The number of sulfonamides is 1. The molecule has 0 fully saturated rings. The normalized spacial score (nSPS) is 11.3. The molecular formula is C18H24ClN3O4S. The number of ether oxygens (including phenoxy) is 1. The molecule has 0 atom stereocenters. The van der Waals surface area contributed by atoms with Crippen molar-refractivity contribution in [1.82, 2.24) is 5.32 Å². The van der Waals surface area contributed by atoms with Crippen LogP contribution in [0.5, 0.6) is 5.75 Å². The van der Waals surface area contributed by atoms with Gasteiger partial charge >= 0.3 is 0 Å². The molecule has 0 heterocycles. The molecule has 0 saturated heterocycles. The van der Waals surface area contributed by atoms with Crippen molar-refractivity contribution in [1.29, 1.82) is 0 Å². The number of rotatable bonds is 7. The van der Waals surface area contributed by atoms with Crippen LogP contribution in [0.15, 0.2) is 53.4 Å². The Morgan fingerprint density at radius 1 is 1.15 bits per heavy atom. The molecular weight excluding hydrogens is 390 g/mol. The van der Waals surface area contributed by atoms with Crippen LogP contribution < -0.4 is 20.5 Å². The van der Waals surface area contributed by atoms with Crippen LogP contribution in [0.1, 0.15) is 24.2 Å². The van der Waals surface area contributed by atoms with Crippen LogP contribution in [0.2, 0.25) is 0 Å². The molecule has 9 heteroatoms. The van der Waals surface area contributed by atoms with Gasteiger partial charge in [-0.05, 0) is 44.2 Å². The largest absolute Gasteiger partial charge is 0.495 e. The van der Waals surface area contributed by atoms with Crippen molar-refractivity contribution < 1.29 is 17.9 Å². The molecule has 0 saturated carbocycles. The maximum absolute atomic E-state index is 12.7. The van der Waals surface area contributed by atoms with Crippen molar-refractivity contribution in [2.24, 2.45) is 5.73 Å². The van der Waals surface area contributed by atoms with Crippen LogP contribution in [0.25, 0.3) is 0 Å². The van der Waals surface area contributed by atoms with Gasteiger partial charge in [-0.2, -0.15) is 0 Å². The number of halogens is 1. The summed E-state index contributed by atoms with van der Waals surface area (Å²) in [5.74, 6) is 0.00413. The first-order chi connectivity index (χ1) is 12.2. The molecule has 148 valence electrons. The number of benzene rings is 2. The summed E-state index contributed by atoms with van der Waals surface area (Å²) in [7, 11) is -2.43. The van der Waals surface area contributed by atoms with Gasteiger partial charge in [-0.25, -0.2) is 8.42 Å². The van der Waals surface area contributed by atoms with Gasteiger partial charge in [0.2, 0.25) is 0 Å². The van der Waals surface area contributed by atoms with E-state index >= 15 is 0 Å². The van der Waals surface area contributed by atoms with Gasteiger partial charge in [0.05, 0.1) is 17.7 Å². The fraction of sp³-hybridized carbons (Fsp3) is 0.278. The zero-order valence-electron chi connectivity index (χ0n) is 15.4. The summed E-state index contributed by atoms with van der Waals surface area (Å²) in [5.41, 5.74) is 5.56. The number of anilines is 1. The smallest absolute Gasteiger partial charge is 0.262 e. The molecule has 27 heavy (non-hydrogen) atoms. The molecule has 0 spiro atoms. The van der Waals surface area contributed by atoms with Gasteiger partial charge < -0.3 is 15.8 Å². The second-order valence-corrected chi connectivity index (χ2v) is 8.06. The monoisotopic (exact) mass is 413 g/mol. The van der Waals surface area contributed by atoms with E-state index < -0.39 is 21.5 Å². The predicted octanol–water partition coefficient (Wildman–Crippen LogP) is 2.38. The number of methoxy groups -OCH3 is 1. The molecule has 0 aliphatic heterocycles. The van der Waals surface area contributed by atoms with E-state index in [1.165, 1.54) is 25.3 Å². The minimum absolute atomic E-state index is 0. The van der Waals surface area contributed by atoms with Crippen molar-refractivity contribution in [2.75, 3.05) is 18.4 Å². The Balaban J connectivity index is 0.00000364. The van der Waals surface area contributed by atoms with E-state index in [1.807, 2.05) is 0 Å². The first-order valence-corrected chi connectivity index (χ1v) is 9.45. The molecule has 0 aliphatic rings. The quantitative estimate of drug-likeness (QED) is 0.645. The Bertz CT molecular complexity index is 901. The lowest BCUT2D eigenvalue weighted by Crippen LogP contribution is -2.48. The van der Waals surface area contributed by atoms with Gasteiger partial charge in [0, 0.05) is 17.6 Å². The van der Waals surface area contributed by atoms with Gasteiger partial charge in [-0.3, -0.25) is 9.52 Å². The average Bonchev–Trinajstić information content (AvgIpc) is 2.61. The zero-order valence-corrected chi connectivity index (χ0v) is 17.0. The number of hydrogen-bond acceptors (Lipinski definition) is 5. The summed E-state index contributed by atoms with van der Waals surface area (Å²) < 4.78 is 33.0. The number of para-hydroxylation sites is 2. The first-order valence-electron chi connectivity index (χ1n) is 7.97. The molecule has 2 aromatic carbocycles. The van der Waals surface area contributed by atoms with E-state index in [-0.39, 0.29) is 29.4 Å². The molecule has 7 nitrogen and oxygen atoms in total. The van der Waals surface area contributed by atoms with E-state index in [2.05, 4.69) is 10.0 Å². The Morgan fingerprint density at radius 3 is 2.44 bits per heavy atom. The van der Waals surface area contributed by atoms with E-state index in [0.717, 1.165) is 0 Å². The van der Waals surface area contributed by atoms with Crippen LogP contribution in [-0.4, -0.2) is 33.5 Å². The molecule has 0 aromatic heterocycles. The minimum Gasteiger partial charge on any atom is -0.495 e. The second kappa shape index (κ2) is 9.07. The molecule has 0 radical (unpaired) electrons. The molecule has 2 rings (SSSR count). The summed E-state index contributed by atoms with van der Waals surface area (Å²) in [6.07, 6.45) is 0. The Hall–Kier alpha value is -2.29. The highest BCUT2D eigenvalue weighted by atomic mass is 35.5. The van der Waals surface area contributed by atoms with Gasteiger partial charge in [0.1, 0.15) is 5.75 Å². The van der Waals surface area contributed by atoms with E-state index in [1.54, 1.807) is 44.2 Å². The van der Waals surface area contributed by atoms with Crippen molar-refractivity contribution >= 4 is 34.0 Å². The molecule has 1 amide bonds. The summed E-state index contributed by atoms with van der Waals surface area (Å²) >= 11 is 0. The second-order valence-electron chi connectivity index (χ2n) is 6.38. The number of amides is 1. The van der Waals surface area contributed by atoms with Gasteiger partial charge in [-0.1, -0.05) is 18.2 Å². The van der Waals surface area contributed by atoms with Crippen LogP contribution in [0.4, 0.5) is 5.69 Å². The highest BCUT2D eigenvalue weighted by Gasteiger charge is 2.22. The standard InChI is InChI=1S/C18H23N3O4S.ClH/c1-18(2,12-19)20-17(22)13-7-6-8-14(11-13)26(23,24)21-15-9-4-5-10-16(15)25-3;/h4-11,21H,12,19H2,1-3H3,(H,20,22);1H. The fourth-order valence-corrected chi connectivity index (χ4v) is 3.28. The SMILES string of the molecule is COc1ccccc1NS(=O)(=O)c1cccc(C(=O)NC(C)(C)CN)c1.Cl. The third-order valence-corrected chi connectivity index (χ3v) is 5.08. The Kier molecular flexibility index (Phi) is 7.65. The summed E-state index contributed by atoms with van der Waals surface area (Å²) in [6.45, 7) is 3.83. The topological polar surface area (TPSA) is 111 Å². The van der Waals surface area contributed by atoms with Crippen LogP contribution in [-0.2, 0) is 10.0 Å². The maximum atomic E-state index is 12.7. The first kappa shape index (κ1) is 22.8. The molecule has 0 aliphatic carbocycles. The fourth-order valence-electron chi connectivity index (χ4n) is 2.17. The van der Waals surface area contributed by atoms with Gasteiger partial charge in [0.25, 0.3) is 15.9 Å². The molecule has 0 bridgehead atoms. The lowest BCUT2D eigenvalue weighted by molar-refractivity contribution is 0.0915. The van der Waals surface area contributed by atoms with Gasteiger partial charge in [-0.15, -0.1) is 12.4 Å². The van der Waals surface area contributed by atoms with E-state index in [4.69, 9.17) is 10.5 Å². The number of carbonyl (C=O) groups is 1. The summed E-state index contributed by atoms with van der Waals surface area (Å²) in [5, 5.41) is 2.77. The summed E-state index contributed by atoms with van der Waals surface area (Å²) in [6, 6.07) is 12.5. The number of hydrogen-bond donors (Lipinski definition) is 3. The average molecular weight is 414 g/mol. The molecule has 4 N–H and O–H groups in total. The van der Waals surface area contributed by atoms with Crippen LogP contribution in [0, 0.1) is 0 Å². The highest BCUT2D eigenvalue weighted by molar-refractivity contribution is 7.92. The van der Waals surface area contributed by atoms with Crippen molar-refractivity contribution in [3.63, 3.8) is 0 Å². The van der Waals surface area contributed by atoms with Crippen LogP contribution >= 0.6 is 12.4 Å². The third-order valence-electron chi connectivity index (χ3n) is 3.72. The zero-order chi connectivity index (χ0) is 19.4. The Morgan fingerprint density at radius 2 is 1.81 bits per heavy atom. The van der Waals surface area contributed by atoms with E-state index in [9.17, 15) is 13.2 Å². The number of nitrogens with one attached hydrogen (secondary N) is 2. The van der Waals surface area contributed by atoms with Crippen molar-refractivity contribution in [3.8, 4) is 5.75 Å². The van der Waals surface area contributed by atoms with Crippen LogP contribution in [0.3, 0.4) is 0 Å². The van der Waals surface area contributed by atoms with Crippen molar-refractivity contribution in [2.45, 2.75) is 24.3 Å². The minimum atomic E-state index is -3.89. The van der Waals surface area contributed by atoms with E-state index in [0.29, 0.717) is 11.4 Å². The third kappa shape index (κ3) is 5.85. The van der Waals surface area contributed by atoms with Gasteiger partial charge in [0.15, 0.2) is 0 Å². The lowest BCUT2D eigenvalue weighted by atomic mass is 10.1. The maximum Gasteiger partial charge on any atom is 0.262 e.